The van der Waals surface area contributed by atoms with Gasteiger partial charge in [0.2, 0.25) is 0 Å². The maximum Gasteiger partial charge on any atom is 0.142 e. The Morgan fingerprint density at radius 1 is 1.15 bits per heavy atom. The first-order valence-corrected chi connectivity index (χ1v) is 6.18. The predicted octanol–water partition coefficient (Wildman–Crippen LogP) is 3.75. The Balaban J connectivity index is 1.89. The Hall–Kier alpha value is -2.86. The van der Waals surface area contributed by atoms with Crippen LogP contribution in [0.4, 0.5) is 0 Å². The Kier molecular flexibility index (Phi) is 4.69. The van der Waals surface area contributed by atoms with Gasteiger partial charge in [0.1, 0.15) is 6.61 Å². The van der Waals surface area contributed by atoms with Gasteiger partial charge in [-0.2, -0.15) is 5.26 Å². The van der Waals surface area contributed by atoms with Crippen molar-refractivity contribution in [1.82, 2.24) is 0 Å². The molecule has 2 aromatic rings. The van der Waals surface area contributed by atoms with Gasteiger partial charge in [0, 0.05) is 0 Å². The minimum atomic E-state index is 0.409. The van der Waals surface area contributed by atoms with Gasteiger partial charge in [-0.25, -0.2) is 0 Å². The molecule has 0 atom stereocenters. The summed E-state index contributed by atoms with van der Waals surface area (Å²) in [6, 6.07) is 17.2. The lowest BCUT2D eigenvalue weighted by atomic mass is 10.1. The minimum Gasteiger partial charge on any atom is -0.391 e. The van der Waals surface area contributed by atoms with Gasteiger partial charge in [-0.15, -0.1) is 0 Å². The van der Waals surface area contributed by atoms with Gasteiger partial charge in [-0.1, -0.05) is 54.2 Å². The summed E-state index contributed by atoms with van der Waals surface area (Å²) < 4.78 is 0. The molecule has 0 saturated carbocycles. The molecule has 0 saturated heterocycles. The Morgan fingerprint density at radius 3 is 2.65 bits per heavy atom. The molecular formula is C17H14N2O. The van der Waals surface area contributed by atoms with Crippen molar-refractivity contribution in [2.24, 2.45) is 5.16 Å². The number of nitrogens with zero attached hydrogens (tertiary/aromatic N) is 2. The van der Waals surface area contributed by atoms with Crippen molar-refractivity contribution in [2.75, 3.05) is 0 Å². The highest BCUT2D eigenvalue weighted by molar-refractivity contribution is 5.79. The van der Waals surface area contributed by atoms with E-state index in [2.05, 4.69) is 17.8 Å². The topological polar surface area (TPSA) is 45.4 Å². The molecule has 0 aliphatic carbocycles. The molecule has 98 valence electrons. The normalized spacial score (nSPS) is 10.2. The van der Waals surface area contributed by atoms with Gasteiger partial charge in [0.15, 0.2) is 0 Å². The van der Waals surface area contributed by atoms with E-state index >= 15 is 0 Å². The average molecular weight is 262 g/mol. The van der Waals surface area contributed by atoms with E-state index in [4.69, 9.17) is 10.1 Å². The lowest BCUT2D eigenvalue weighted by molar-refractivity contribution is 0.132. The first-order chi connectivity index (χ1) is 9.81. The summed E-state index contributed by atoms with van der Waals surface area (Å²) >= 11 is 0. The molecule has 0 N–H and O–H groups in total. The van der Waals surface area contributed by atoms with Gasteiger partial charge in [0.25, 0.3) is 0 Å². The van der Waals surface area contributed by atoms with Gasteiger partial charge >= 0.3 is 0 Å². The largest absolute Gasteiger partial charge is 0.391 e. The van der Waals surface area contributed by atoms with Gasteiger partial charge < -0.3 is 4.84 Å². The zero-order chi connectivity index (χ0) is 14.2. The van der Waals surface area contributed by atoms with E-state index in [0.29, 0.717) is 12.2 Å². The van der Waals surface area contributed by atoms with Crippen LogP contribution >= 0.6 is 0 Å². The van der Waals surface area contributed by atoms with E-state index in [1.807, 2.05) is 36.4 Å². The van der Waals surface area contributed by atoms with Crippen LogP contribution in [0.15, 0.2) is 60.3 Å². The van der Waals surface area contributed by atoms with Crippen LogP contribution in [0.1, 0.15) is 22.3 Å². The molecule has 0 fully saturated rings. The van der Waals surface area contributed by atoms with Crippen molar-refractivity contribution >= 4 is 12.3 Å². The quantitative estimate of drug-likeness (QED) is 0.608. The molecule has 0 aromatic heterocycles. The minimum absolute atomic E-state index is 0.409. The molecule has 0 unspecified atom stereocenters. The summed E-state index contributed by atoms with van der Waals surface area (Å²) in [6.07, 6.45) is 3.39. The molecule has 0 amide bonds. The van der Waals surface area contributed by atoms with Crippen LogP contribution in [-0.2, 0) is 11.4 Å². The number of nitriles is 1. The molecule has 0 aliphatic heterocycles. The Bertz CT molecular complexity index is 651. The Labute approximate surface area is 118 Å². The molecule has 20 heavy (non-hydrogen) atoms. The predicted molar refractivity (Wildman–Crippen MR) is 80.1 cm³/mol. The molecule has 0 heterocycles. The number of hydrogen-bond donors (Lipinski definition) is 0. The van der Waals surface area contributed by atoms with Gasteiger partial charge in [0.05, 0.1) is 17.8 Å². The van der Waals surface area contributed by atoms with Crippen LogP contribution < -0.4 is 0 Å². The van der Waals surface area contributed by atoms with Crippen LogP contribution in [0, 0.1) is 11.3 Å². The van der Waals surface area contributed by atoms with Crippen LogP contribution in [0.3, 0.4) is 0 Å². The third kappa shape index (κ3) is 3.82. The fourth-order valence-corrected chi connectivity index (χ4v) is 1.65. The zero-order valence-electron chi connectivity index (χ0n) is 11.0. The third-order valence-corrected chi connectivity index (χ3v) is 2.74. The van der Waals surface area contributed by atoms with Gasteiger partial charge in [-0.3, -0.25) is 0 Å². The molecule has 2 rings (SSSR count). The van der Waals surface area contributed by atoms with E-state index < -0.39 is 0 Å². The summed E-state index contributed by atoms with van der Waals surface area (Å²) in [7, 11) is 0. The van der Waals surface area contributed by atoms with Crippen molar-refractivity contribution in [3.63, 3.8) is 0 Å². The second-order valence-electron chi connectivity index (χ2n) is 4.19. The van der Waals surface area contributed by atoms with E-state index in [-0.39, 0.29) is 0 Å². The number of benzene rings is 2. The van der Waals surface area contributed by atoms with Crippen molar-refractivity contribution in [2.45, 2.75) is 6.61 Å². The summed E-state index contributed by atoms with van der Waals surface area (Å²) in [5.74, 6) is 0. The molecule has 2 aromatic carbocycles. The smallest absolute Gasteiger partial charge is 0.142 e. The summed E-state index contributed by atoms with van der Waals surface area (Å²) in [5, 5.41) is 12.7. The summed E-state index contributed by atoms with van der Waals surface area (Å²) in [4.78, 5) is 5.23. The highest BCUT2D eigenvalue weighted by Gasteiger charge is 1.94. The first-order valence-electron chi connectivity index (χ1n) is 6.18. The lowest BCUT2D eigenvalue weighted by Crippen LogP contribution is -1.89. The fraction of sp³-hybridized carbons (Fsp3) is 0.0588. The molecule has 0 bridgehead atoms. The third-order valence-electron chi connectivity index (χ3n) is 2.74. The van der Waals surface area contributed by atoms with Crippen molar-refractivity contribution in [3.05, 3.63) is 77.4 Å². The van der Waals surface area contributed by atoms with Crippen LogP contribution in [0.2, 0.25) is 0 Å². The van der Waals surface area contributed by atoms with Crippen LogP contribution in [-0.4, -0.2) is 6.21 Å². The van der Waals surface area contributed by atoms with Crippen molar-refractivity contribution in [3.8, 4) is 6.07 Å². The summed E-state index contributed by atoms with van der Waals surface area (Å²) in [6.45, 7) is 4.11. The SMILES string of the molecule is C=Cc1ccc(CON=Cc2cccc(C#N)c2)cc1. The monoisotopic (exact) mass is 262 g/mol. The van der Waals surface area contributed by atoms with Crippen molar-refractivity contribution in [1.29, 1.82) is 5.26 Å². The second-order valence-corrected chi connectivity index (χ2v) is 4.19. The van der Waals surface area contributed by atoms with E-state index in [9.17, 15) is 0 Å². The number of hydrogen-bond acceptors (Lipinski definition) is 3. The van der Waals surface area contributed by atoms with Crippen molar-refractivity contribution < 1.29 is 4.84 Å². The highest BCUT2D eigenvalue weighted by Crippen LogP contribution is 2.07. The molecule has 0 radical (unpaired) electrons. The van der Waals surface area contributed by atoms with E-state index in [1.165, 1.54) is 0 Å². The maximum atomic E-state index is 8.79. The van der Waals surface area contributed by atoms with Crippen LogP contribution in [0.25, 0.3) is 6.08 Å². The first kappa shape index (κ1) is 13.6. The molecule has 0 aliphatic rings. The number of oxime groups is 1. The van der Waals surface area contributed by atoms with Crippen LogP contribution in [0.5, 0.6) is 0 Å². The highest BCUT2D eigenvalue weighted by atomic mass is 16.6. The maximum absolute atomic E-state index is 8.79. The second kappa shape index (κ2) is 6.91. The standard InChI is InChI=1S/C17H14N2O/c1-2-14-6-8-15(9-7-14)13-20-19-12-17-5-3-4-16(10-17)11-18/h2-10,12H,1,13H2. The zero-order valence-corrected chi connectivity index (χ0v) is 11.0. The summed E-state index contributed by atoms with van der Waals surface area (Å²) in [5.41, 5.74) is 3.56. The van der Waals surface area contributed by atoms with Gasteiger partial charge in [-0.05, 0) is 28.8 Å². The average Bonchev–Trinajstić information content (AvgIpc) is 2.52. The molecule has 3 heteroatoms. The molecular weight excluding hydrogens is 248 g/mol. The Morgan fingerprint density at radius 2 is 1.95 bits per heavy atom. The number of rotatable bonds is 5. The molecule has 0 spiro atoms. The van der Waals surface area contributed by atoms with E-state index in [0.717, 1.165) is 16.7 Å². The van der Waals surface area contributed by atoms with E-state index in [1.54, 1.807) is 24.4 Å². The lowest BCUT2D eigenvalue weighted by Gasteiger charge is -2.00. The fourth-order valence-electron chi connectivity index (χ4n) is 1.65. The molecule has 3 nitrogen and oxygen atoms in total.